The Kier molecular flexibility index (Phi) is 54.3. The van der Waals surface area contributed by atoms with Crippen LogP contribution in [0.4, 0.5) is 0 Å². The summed E-state index contributed by atoms with van der Waals surface area (Å²) < 4.78 is 86.8. The largest absolute Gasteiger partial charge is 0.378 e. The predicted octanol–water partition coefficient (Wildman–Crippen LogP) is 25.5. The van der Waals surface area contributed by atoms with E-state index in [0.29, 0.717) is 113 Å². The molecule has 8 rings (SSSR count). The number of amides is 6. The first-order chi connectivity index (χ1) is 69.6. The number of hydrogen-bond donors (Lipinski definition) is 1. The van der Waals surface area contributed by atoms with E-state index in [-0.39, 0.29) is 116 Å². The van der Waals surface area contributed by atoms with Gasteiger partial charge >= 0.3 is 10.2 Å². The van der Waals surface area contributed by atoms with Gasteiger partial charge in [-0.2, -0.15) is 8.42 Å². The maximum absolute atomic E-state index is 13.5. The molecule has 0 unspecified atom stereocenters. The van der Waals surface area contributed by atoms with Crippen molar-refractivity contribution < 1.29 is 81.4 Å². The topological polar surface area (TPSA) is 426 Å². The lowest BCUT2D eigenvalue weighted by molar-refractivity contribution is -0.0345. The third kappa shape index (κ3) is 42.6. The number of carbonyl (C=O) groups excluding carboxylic acids is 6. The zero-order valence-electron chi connectivity index (χ0n) is 98.7. The molecule has 5 heterocycles. The number of rotatable bonds is 32. The molecule has 1 N–H and O–H groups in total. The Hall–Kier alpha value is -11.0. The van der Waals surface area contributed by atoms with E-state index in [2.05, 4.69) is 222 Å². The van der Waals surface area contributed by atoms with Crippen molar-refractivity contribution in [3.63, 3.8) is 0 Å². The third-order valence-corrected chi connectivity index (χ3v) is 44.1. The first-order valence-corrected chi connectivity index (χ1v) is 58.1. The van der Waals surface area contributed by atoms with Crippen molar-refractivity contribution in [2.45, 2.75) is 416 Å². The summed E-state index contributed by atoms with van der Waals surface area (Å²) in [5.74, 6) is 15.0. The Morgan fingerprint density at radius 1 is 0.396 bits per heavy atom. The van der Waals surface area contributed by atoms with Crippen molar-refractivity contribution in [2.24, 2.45) is 14.7 Å². The fraction of sp³-hybridized carbons (Fsp3) is 0.634. The van der Waals surface area contributed by atoms with E-state index < -0.39 is 76.3 Å². The summed E-state index contributed by atoms with van der Waals surface area (Å²) in [5, 5.41) is 25.5. The van der Waals surface area contributed by atoms with Gasteiger partial charge in [0.2, 0.25) is 0 Å². The number of ether oxygens (including phenoxy) is 7. The van der Waals surface area contributed by atoms with Gasteiger partial charge in [0.05, 0.1) is 130 Å². The summed E-state index contributed by atoms with van der Waals surface area (Å²) in [6, 6.07) is 17.0. The van der Waals surface area contributed by atoms with Crippen LogP contribution in [-0.4, -0.2) is 228 Å². The van der Waals surface area contributed by atoms with Gasteiger partial charge < -0.3 is 38.3 Å². The summed E-state index contributed by atoms with van der Waals surface area (Å²) in [6.07, 6.45) is 20.3. The Balaban J connectivity index is -0.00000178. The molecular weight excluding hydrogens is 1960 g/mol. The number of carbonyl (C=O) groups is 6. The molecule has 149 heavy (non-hydrogen) atoms. The van der Waals surface area contributed by atoms with E-state index in [1.807, 2.05) is 145 Å². The molecule has 37 heteroatoms. The van der Waals surface area contributed by atoms with E-state index in [4.69, 9.17) is 80.1 Å². The highest BCUT2D eigenvalue weighted by Crippen LogP contribution is 2.44. The molecule has 0 aliphatic carbocycles. The normalized spacial score (nSPS) is 14.7. The summed E-state index contributed by atoms with van der Waals surface area (Å²) in [6.45, 7) is 83.5. The number of aliphatic hydroxyl groups excluding tert-OH is 1. The second kappa shape index (κ2) is 60.3. The van der Waals surface area contributed by atoms with Crippen LogP contribution in [0.3, 0.4) is 0 Å². The zero-order valence-corrected chi connectivity index (χ0v) is 98.6. The molecule has 0 saturated heterocycles. The van der Waals surface area contributed by atoms with Gasteiger partial charge in [-0.3, -0.25) is 43.5 Å². The molecule has 0 saturated carbocycles. The smallest absolute Gasteiger partial charge is 0.329 e. The number of terminal acetylenes is 3. The van der Waals surface area contributed by atoms with E-state index in [1.54, 1.807) is 83.7 Å². The molecular formula is C112H179N17O16SSi3. The average molecular weight is 2140 g/mol. The lowest BCUT2D eigenvalue weighted by Gasteiger charge is -2.38. The van der Waals surface area contributed by atoms with Gasteiger partial charge in [0.1, 0.15) is 78.6 Å². The number of imide groups is 3. The van der Waals surface area contributed by atoms with Crippen molar-refractivity contribution in [3.8, 4) is 71.4 Å². The average Bonchev–Trinajstić information content (AvgIpc) is 1.61. The van der Waals surface area contributed by atoms with Crippen LogP contribution in [0.15, 0.2) is 112 Å². The van der Waals surface area contributed by atoms with Gasteiger partial charge in [0, 0.05) is 33.1 Å². The number of fused-ring (bicyclic) bond motifs is 3. The minimum absolute atomic E-state index is 0. The molecule has 0 spiro atoms. The van der Waals surface area contributed by atoms with Crippen LogP contribution in [0.25, 0.3) is 31.3 Å². The molecule has 3 aliphatic rings. The summed E-state index contributed by atoms with van der Waals surface area (Å²) >= 11 is 0. The summed E-state index contributed by atoms with van der Waals surface area (Å²) in [7, 11) is -9.51. The number of aliphatic hydroxyl groups is 1. The standard InChI is InChI=1S/C33H50N4O4Si.2C17H33N3OSi.2C16H17NO3.C8H14O2.C3H3N5O2S.2CH4.2H2/c1-22(2)42(23(3)4,24(5)6)18-17-25(20-40-32(7,8)9)36-19-28(34-35-36)29(21-41-33(10,11)12)37-30(38)26-15-13-14-16-27(26)31(37)39;2*1-13(2)22(14(3)4,15(5)6)11-10-16(19-20-18)12-21-17(7,8)9;2*1-5-11(10-20-16(2,3)4)17-14(18)12-8-6-7-9-13(12)15(17)19;1-5-7(9)6-10-8(2,3)4;4-6-7-11(9,10)8-2-1-5-3-8;;;;/h13-16,19,22-25,29H,20-21H2,1-12H3;2*13-16H,12H2,1-9H3;2*1,6-9,11H,10H2,2-4H3;1,7,9H,6H2,2-4H3;1-3H;2*1H4;2*1H/t25-,29+;2*16-;2*11-;7-;;;;;/m011111...../s1/i;;;;;;;;;2*1+1D. The minimum Gasteiger partial charge on any atom is -0.378 e. The lowest BCUT2D eigenvalue weighted by atomic mass is 10.1. The van der Waals surface area contributed by atoms with Crippen LogP contribution >= 0.6 is 0 Å². The zero-order chi connectivity index (χ0) is 117. The Morgan fingerprint density at radius 3 is 0.906 bits per heavy atom. The maximum atomic E-state index is 13.5. The predicted molar refractivity (Wildman–Crippen MR) is 608 cm³/mol. The van der Waals surface area contributed by atoms with Crippen LogP contribution in [0.2, 0.25) is 49.9 Å². The van der Waals surface area contributed by atoms with E-state index in [0.717, 1.165) is 16.1 Å². The van der Waals surface area contributed by atoms with Crippen LogP contribution in [0.1, 0.15) is 371 Å². The van der Waals surface area contributed by atoms with Crippen molar-refractivity contribution in [1.29, 1.82) is 0 Å². The molecule has 7 atom stereocenters. The van der Waals surface area contributed by atoms with Gasteiger partial charge in [-0.15, -0.1) is 41.0 Å². The third-order valence-electron chi connectivity index (χ3n) is 24.1. The molecule has 3 aliphatic heterocycles. The molecule has 3 aromatic carbocycles. The quantitative estimate of drug-likeness (QED) is 0.0104. The van der Waals surface area contributed by atoms with Crippen molar-refractivity contribution in [1.82, 2.24) is 38.6 Å². The number of imidazole rings is 1. The lowest BCUT2D eigenvalue weighted by Crippen LogP contribution is -2.43. The van der Waals surface area contributed by atoms with Crippen LogP contribution < -0.4 is 0 Å². The first-order valence-electron chi connectivity index (χ1n) is 52.0. The number of nitrogens with zero attached hydrogens (tertiary/aromatic N) is 17. The number of azide groups is 3. The van der Waals surface area contributed by atoms with Crippen LogP contribution in [0.5, 0.6) is 0 Å². The highest BCUT2D eigenvalue weighted by atomic mass is 32.2. The van der Waals surface area contributed by atoms with Gasteiger partial charge in [0.25, 0.3) is 35.4 Å². The highest BCUT2D eigenvalue weighted by molar-refractivity contribution is 7.88. The number of benzene rings is 3. The highest BCUT2D eigenvalue weighted by Gasteiger charge is 2.48. The first kappa shape index (κ1) is 134. The van der Waals surface area contributed by atoms with Crippen molar-refractivity contribution in [2.75, 3.05) is 46.2 Å². The summed E-state index contributed by atoms with van der Waals surface area (Å²) in [4.78, 5) is 91.0. The maximum Gasteiger partial charge on any atom is 0.329 e. The fourth-order valence-corrected chi connectivity index (χ4v) is 33.4. The minimum atomic E-state index is -3.90. The van der Waals surface area contributed by atoms with Gasteiger partial charge in [-0.25, -0.2) is 13.6 Å². The second-order valence-corrected chi connectivity index (χ2v) is 63.9. The van der Waals surface area contributed by atoms with Gasteiger partial charge in [-0.05, 0) is 248 Å². The molecule has 0 bridgehead atoms. The fourth-order valence-electron chi connectivity index (χ4n) is 17.0. The van der Waals surface area contributed by atoms with Crippen molar-refractivity contribution in [3.05, 3.63) is 168 Å². The molecule has 33 nitrogen and oxygen atoms in total. The Labute approximate surface area is 901 Å². The molecule has 5 aromatic rings. The van der Waals surface area contributed by atoms with E-state index in [9.17, 15) is 37.2 Å². The van der Waals surface area contributed by atoms with Crippen molar-refractivity contribution >= 4 is 69.9 Å². The van der Waals surface area contributed by atoms with E-state index in [1.165, 1.54) is 17.3 Å². The summed E-state index contributed by atoms with van der Waals surface area (Å²) in [5.41, 5.74) is 41.7. The molecule has 0 radical (unpaired) electrons. The van der Waals surface area contributed by atoms with Gasteiger partial charge in [0.15, 0.2) is 0 Å². The molecule has 0 fully saturated rings. The second-order valence-electron chi connectivity index (χ2n) is 45.7. The Morgan fingerprint density at radius 2 is 0.658 bits per heavy atom. The van der Waals surface area contributed by atoms with E-state index >= 15 is 0 Å². The molecule has 6 amide bonds. The van der Waals surface area contributed by atoms with Gasteiger partial charge in [-0.1, -0.05) is 227 Å². The van der Waals surface area contributed by atoms with Crippen LogP contribution in [-0.2, 0) is 43.4 Å². The molecule has 2 aromatic heterocycles. The number of aromatic nitrogens is 5. The SMILES string of the molecule is C.C.C#C[C@@H](O)COC(C)(C)C.C#C[C@H](COC(C)(C)C)N1C(=O)c2ccccc2C1=O.C#C[C@H](COC(C)(C)C)N1C(=O)c2ccccc2C1=O.CC(C)[Si](C#C[C@@H](COC(C)(C)C)n1cc([C@@H](COC(C)(C)C)N2C(=O)c3ccccc3C2=O)nn1)(C(C)C)C(C)C.CC(C)[Si](C#C[C@H](COC(C)(C)C)N=[N+]=[N-])(C(C)C)C(C)C.CC(C)[Si](C#C[C@H](COC(C)(C)C)N=[N+]=[N-])(C(C)C)C(C)C.[2H][2H].[2H][2H].[N-]=[N+]=NS(=O)(=O)n1ccnc1. The monoisotopic (exact) mass is 2140 g/mol. The molecule has 826 valence electrons. The Bertz CT molecular complexity index is 5450. The van der Waals surface area contributed by atoms with Crippen LogP contribution in [0, 0.1) is 71.4 Å². The number of hydrogen-bond acceptors (Lipinski definition) is 21.